The molecule has 2 amide bonds. The van der Waals surface area contributed by atoms with Gasteiger partial charge < -0.3 is 0 Å². The van der Waals surface area contributed by atoms with E-state index in [9.17, 15) is 22.4 Å². The molecule has 0 radical (unpaired) electrons. The zero-order valence-corrected chi connectivity index (χ0v) is 16.5. The van der Waals surface area contributed by atoms with Gasteiger partial charge in [0.25, 0.3) is 11.8 Å². The number of sulfonamides is 1. The molecule has 0 saturated heterocycles. The molecule has 1 aromatic carbocycles. The van der Waals surface area contributed by atoms with Gasteiger partial charge in [0.2, 0.25) is 10.0 Å². The van der Waals surface area contributed by atoms with Crippen molar-refractivity contribution in [2.45, 2.75) is 17.4 Å². The highest BCUT2D eigenvalue weighted by Crippen LogP contribution is 2.14. The van der Waals surface area contributed by atoms with Crippen molar-refractivity contribution in [2.75, 3.05) is 12.0 Å². The van der Waals surface area contributed by atoms with E-state index in [0.29, 0.717) is 5.75 Å². The normalized spacial score (nSPS) is 12.2. The Hall–Kier alpha value is -2.50. The second kappa shape index (κ2) is 10.2. The van der Waals surface area contributed by atoms with Gasteiger partial charge in [-0.3, -0.25) is 25.4 Å². The number of nitrogens with one attached hydrogen (secondary N) is 3. The molecule has 0 bridgehead atoms. The highest BCUT2D eigenvalue weighted by atomic mass is 32.2. The summed E-state index contributed by atoms with van der Waals surface area (Å²) >= 11 is 1.41. The highest BCUT2D eigenvalue weighted by Gasteiger charge is 2.27. The van der Waals surface area contributed by atoms with Gasteiger partial charge in [0.05, 0.1) is 0 Å². The number of aromatic nitrogens is 1. The summed E-state index contributed by atoms with van der Waals surface area (Å²) in [6.45, 7) is 0. The third-order valence-electron chi connectivity index (χ3n) is 3.55. The Morgan fingerprint density at radius 1 is 1.14 bits per heavy atom. The molecule has 1 unspecified atom stereocenters. The number of amides is 2. The van der Waals surface area contributed by atoms with E-state index in [-0.39, 0.29) is 12.1 Å². The lowest BCUT2D eigenvalue weighted by Gasteiger charge is -2.18. The van der Waals surface area contributed by atoms with Crippen LogP contribution in [0.2, 0.25) is 0 Å². The minimum absolute atomic E-state index is 0.0791. The Balaban J connectivity index is 2.08. The first-order chi connectivity index (χ1) is 13.3. The highest BCUT2D eigenvalue weighted by molar-refractivity contribution is 7.98. The van der Waals surface area contributed by atoms with Gasteiger partial charge in [-0.1, -0.05) is 18.2 Å². The molecule has 1 heterocycles. The Labute approximate surface area is 166 Å². The standard InChI is InChI=1S/C17H19FN4O4S2/c1-27-11-9-14(22-28(25,26)15-8-3-2-6-12(15)18)17(24)21-20-16(23)13-7-4-5-10-19-13/h2-8,10,14,22H,9,11H2,1H3,(H,20,23)(H,21,24). The molecule has 0 saturated carbocycles. The average Bonchev–Trinajstić information content (AvgIpc) is 2.69. The number of pyridine rings is 1. The van der Waals surface area contributed by atoms with Crippen molar-refractivity contribution in [1.29, 1.82) is 0 Å². The molecule has 0 aliphatic rings. The van der Waals surface area contributed by atoms with Crippen LogP contribution in [-0.4, -0.2) is 43.3 Å². The van der Waals surface area contributed by atoms with Crippen LogP contribution in [0.15, 0.2) is 53.6 Å². The molecule has 28 heavy (non-hydrogen) atoms. The number of carbonyl (C=O) groups excluding carboxylic acids is 2. The van der Waals surface area contributed by atoms with Crippen LogP contribution in [0.1, 0.15) is 16.9 Å². The third-order valence-corrected chi connectivity index (χ3v) is 5.70. The monoisotopic (exact) mass is 426 g/mol. The van der Waals surface area contributed by atoms with E-state index in [1.807, 2.05) is 0 Å². The third kappa shape index (κ3) is 6.01. The first-order valence-electron chi connectivity index (χ1n) is 8.12. The molecule has 1 atom stereocenters. The predicted molar refractivity (Wildman–Crippen MR) is 103 cm³/mol. The van der Waals surface area contributed by atoms with Gasteiger partial charge in [0.15, 0.2) is 0 Å². The molecule has 150 valence electrons. The predicted octanol–water partition coefficient (Wildman–Crippen LogP) is 1.08. The van der Waals surface area contributed by atoms with Crippen molar-refractivity contribution in [1.82, 2.24) is 20.6 Å². The molecule has 0 spiro atoms. The lowest BCUT2D eigenvalue weighted by Crippen LogP contribution is -2.52. The number of thioether (sulfide) groups is 1. The number of hydrogen-bond acceptors (Lipinski definition) is 6. The Morgan fingerprint density at radius 2 is 1.86 bits per heavy atom. The quantitative estimate of drug-likeness (QED) is 0.544. The number of nitrogens with zero attached hydrogens (tertiary/aromatic N) is 1. The number of benzene rings is 1. The Bertz CT molecular complexity index is 926. The average molecular weight is 426 g/mol. The lowest BCUT2D eigenvalue weighted by molar-refractivity contribution is -0.123. The molecule has 3 N–H and O–H groups in total. The zero-order chi connectivity index (χ0) is 20.6. The van der Waals surface area contributed by atoms with Crippen LogP contribution in [0.4, 0.5) is 4.39 Å². The number of hydrogen-bond donors (Lipinski definition) is 3. The first-order valence-corrected chi connectivity index (χ1v) is 11.0. The number of rotatable bonds is 8. The largest absolute Gasteiger partial charge is 0.288 e. The fourth-order valence-electron chi connectivity index (χ4n) is 2.16. The van der Waals surface area contributed by atoms with Gasteiger partial charge in [-0.25, -0.2) is 12.8 Å². The van der Waals surface area contributed by atoms with E-state index in [0.717, 1.165) is 12.1 Å². The van der Waals surface area contributed by atoms with Gasteiger partial charge in [-0.2, -0.15) is 16.5 Å². The van der Waals surface area contributed by atoms with Crippen molar-refractivity contribution >= 4 is 33.6 Å². The maximum Gasteiger partial charge on any atom is 0.288 e. The van der Waals surface area contributed by atoms with E-state index < -0.39 is 38.6 Å². The van der Waals surface area contributed by atoms with Crippen molar-refractivity contribution in [3.63, 3.8) is 0 Å². The molecule has 1 aromatic heterocycles. The maximum absolute atomic E-state index is 13.8. The molecule has 0 fully saturated rings. The smallest absolute Gasteiger partial charge is 0.271 e. The van der Waals surface area contributed by atoms with Crippen molar-refractivity contribution in [2.24, 2.45) is 0 Å². The number of hydrazine groups is 1. The van der Waals surface area contributed by atoms with Crippen LogP contribution in [0.3, 0.4) is 0 Å². The van der Waals surface area contributed by atoms with Gasteiger partial charge in [-0.05, 0) is 42.7 Å². The van der Waals surface area contributed by atoms with Crippen molar-refractivity contribution in [3.05, 3.63) is 60.2 Å². The fraction of sp³-hybridized carbons (Fsp3) is 0.235. The van der Waals surface area contributed by atoms with Crippen molar-refractivity contribution < 1.29 is 22.4 Å². The summed E-state index contributed by atoms with van der Waals surface area (Å²) in [4.78, 5) is 27.6. The molecule has 11 heteroatoms. The molecule has 0 aliphatic carbocycles. The second-order valence-corrected chi connectivity index (χ2v) is 8.21. The van der Waals surface area contributed by atoms with Gasteiger partial charge in [-0.15, -0.1) is 0 Å². The molecular formula is C17H19FN4O4S2. The fourth-order valence-corrected chi connectivity index (χ4v) is 3.94. The van der Waals surface area contributed by atoms with E-state index in [4.69, 9.17) is 0 Å². The summed E-state index contributed by atoms with van der Waals surface area (Å²) in [6, 6.07) is 8.33. The van der Waals surface area contributed by atoms with E-state index in [2.05, 4.69) is 20.6 Å². The second-order valence-electron chi connectivity index (χ2n) is 5.54. The number of carbonyl (C=O) groups is 2. The minimum Gasteiger partial charge on any atom is -0.271 e. The van der Waals surface area contributed by atoms with Crippen LogP contribution in [0.25, 0.3) is 0 Å². The Morgan fingerprint density at radius 3 is 2.50 bits per heavy atom. The maximum atomic E-state index is 13.8. The first kappa shape index (κ1) is 21.8. The van der Waals surface area contributed by atoms with Crippen LogP contribution in [0.5, 0.6) is 0 Å². The van der Waals surface area contributed by atoms with E-state index >= 15 is 0 Å². The molecule has 2 rings (SSSR count). The summed E-state index contributed by atoms with van der Waals surface area (Å²) in [6.07, 6.45) is 3.35. The van der Waals surface area contributed by atoms with E-state index in [1.165, 1.54) is 36.2 Å². The summed E-state index contributed by atoms with van der Waals surface area (Å²) in [7, 11) is -4.28. The SMILES string of the molecule is CSCCC(NS(=O)(=O)c1ccccc1F)C(=O)NNC(=O)c1ccccn1. The molecular weight excluding hydrogens is 407 g/mol. The van der Waals surface area contributed by atoms with Crippen LogP contribution in [0, 0.1) is 5.82 Å². The number of halogens is 1. The molecule has 8 nitrogen and oxygen atoms in total. The minimum atomic E-state index is -4.28. The summed E-state index contributed by atoms with van der Waals surface area (Å²) in [5.41, 5.74) is 4.43. The van der Waals surface area contributed by atoms with Gasteiger partial charge in [0.1, 0.15) is 22.4 Å². The van der Waals surface area contributed by atoms with Gasteiger partial charge >= 0.3 is 0 Å². The zero-order valence-electron chi connectivity index (χ0n) is 14.9. The molecule has 0 aliphatic heterocycles. The van der Waals surface area contributed by atoms with Crippen LogP contribution in [-0.2, 0) is 14.8 Å². The van der Waals surface area contributed by atoms with Gasteiger partial charge in [0, 0.05) is 6.20 Å². The summed E-state index contributed by atoms with van der Waals surface area (Å²) < 4.78 is 40.9. The van der Waals surface area contributed by atoms with Crippen LogP contribution < -0.4 is 15.6 Å². The molecule has 2 aromatic rings. The van der Waals surface area contributed by atoms with Crippen LogP contribution >= 0.6 is 11.8 Å². The summed E-state index contributed by atoms with van der Waals surface area (Å²) in [5, 5.41) is 0. The van der Waals surface area contributed by atoms with Crippen molar-refractivity contribution in [3.8, 4) is 0 Å². The Kier molecular flexibility index (Phi) is 7.91. The van der Waals surface area contributed by atoms with E-state index in [1.54, 1.807) is 18.4 Å². The topological polar surface area (TPSA) is 117 Å². The summed E-state index contributed by atoms with van der Waals surface area (Å²) in [5.74, 6) is -1.90. The lowest BCUT2D eigenvalue weighted by atomic mass is 10.2.